The maximum Gasteiger partial charge on any atom is 0.256 e. The third-order valence-electron chi connectivity index (χ3n) is 3.07. The van der Waals surface area contributed by atoms with Gasteiger partial charge in [-0.25, -0.2) is 4.99 Å². The maximum absolute atomic E-state index is 8.77. The van der Waals surface area contributed by atoms with Gasteiger partial charge in [0.2, 0.25) is 0 Å². The number of hydroxylamine groups is 1. The van der Waals surface area contributed by atoms with E-state index in [0.717, 1.165) is 16.9 Å². The van der Waals surface area contributed by atoms with E-state index in [2.05, 4.69) is 15.1 Å². The van der Waals surface area contributed by atoms with Gasteiger partial charge in [0, 0.05) is 17.6 Å². The number of ether oxygens (including phenoxy) is 1. The van der Waals surface area contributed by atoms with Crippen LogP contribution in [-0.4, -0.2) is 28.3 Å². The van der Waals surface area contributed by atoms with Crippen molar-refractivity contribution in [3.63, 3.8) is 0 Å². The van der Waals surface area contributed by atoms with E-state index in [9.17, 15) is 0 Å². The largest absolute Gasteiger partial charge is 0.493 e. The van der Waals surface area contributed by atoms with E-state index in [4.69, 9.17) is 14.5 Å². The van der Waals surface area contributed by atoms with Gasteiger partial charge in [0.05, 0.1) is 12.3 Å². The van der Waals surface area contributed by atoms with E-state index >= 15 is 0 Å². The summed E-state index contributed by atoms with van der Waals surface area (Å²) >= 11 is 0. The quantitative estimate of drug-likeness (QED) is 0.509. The third kappa shape index (κ3) is 2.63. The van der Waals surface area contributed by atoms with E-state index in [0.29, 0.717) is 30.4 Å². The van der Waals surface area contributed by atoms with Gasteiger partial charge < -0.3 is 9.26 Å². The summed E-state index contributed by atoms with van der Waals surface area (Å²) in [5.74, 6) is 1.70. The molecule has 0 fully saturated rings. The SMILES string of the molecule is Cc1noc(C2=C(N=CNO)c3ccccc3OCC2)n1. The van der Waals surface area contributed by atoms with Crippen molar-refractivity contribution < 1.29 is 14.5 Å². The highest BCUT2D eigenvalue weighted by atomic mass is 16.5. The average Bonchev–Trinajstić information content (AvgIpc) is 2.84. The average molecular weight is 286 g/mol. The van der Waals surface area contributed by atoms with Crippen LogP contribution in [0.4, 0.5) is 0 Å². The lowest BCUT2D eigenvalue weighted by molar-refractivity contribution is 0.240. The minimum Gasteiger partial charge on any atom is -0.493 e. The number of nitrogens with zero attached hydrogens (tertiary/aromatic N) is 3. The van der Waals surface area contributed by atoms with Crippen LogP contribution >= 0.6 is 0 Å². The number of aliphatic imine (C=N–C) groups is 1. The number of hydrogen-bond donors (Lipinski definition) is 2. The Morgan fingerprint density at radius 2 is 2.24 bits per heavy atom. The molecule has 1 aliphatic heterocycles. The highest BCUT2D eigenvalue weighted by molar-refractivity contribution is 5.92. The van der Waals surface area contributed by atoms with Crippen molar-refractivity contribution >= 4 is 17.6 Å². The molecule has 2 N–H and O–H groups in total. The summed E-state index contributed by atoms with van der Waals surface area (Å²) in [6.07, 6.45) is 1.77. The predicted octanol–water partition coefficient (Wildman–Crippen LogP) is 2.04. The molecule has 1 aromatic carbocycles. The number of fused-ring (bicyclic) bond motifs is 1. The highest BCUT2D eigenvalue weighted by Gasteiger charge is 2.22. The summed E-state index contributed by atoms with van der Waals surface area (Å²) in [6, 6.07) is 7.56. The van der Waals surface area contributed by atoms with Crippen LogP contribution in [0.25, 0.3) is 11.3 Å². The zero-order valence-corrected chi connectivity index (χ0v) is 11.4. The second-order valence-corrected chi connectivity index (χ2v) is 4.46. The van der Waals surface area contributed by atoms with Gasteiger partial charge in [-0.2, -0.15) is 4.98 Å². The van der Waals surface area contributed by atoms with E-state index in [1.807, 2.05) is 29.7 Å². The Morgan fingerprint density at radius 1 is 1.38 bits per heavy atom. The number of hydrogen-bond acceptors (Lipinski definition) is 6. The molecule has 0 bridgehead atoms. The Balaban J connectivity index is 2.19. The van der Waals surface area contributed by atoms with Crippen LogP contribution in [0.3, 0.4) is 0 Å². The number of para-hydroxylation sites is 1. The Kier molecular flexibility index (Phi) is 3.65. The zero-order chi connectivity index (χ0) is 14.7. The summed E-state index contributed by atoms with van der Waals surface area (Å²) < 4.78 is 11.0. The van der Waals surface area contributed by atoms with Gasteiger partial charge in [-0.15, -0.1) is 0 Å². The van der Waals surface area contributed by atoms with Gasteiger partial charge in [-0.3, -0.25) is 10.7 Å². The van der Waals surface area contributed by atoms with Crippen molar-refractivity contribution in [1.29, 1.82) is 0 Å². The van der Waals surface area contributed by atoms with Crippen molar-refractivity contribution in [2.24, 2.45) is 4.99 Å². The highest BCUT2D eigenvalue weighted by Crippen LogP contribution is 2.36. The summed E-state index contributed by atoms with van der Waals surface area (Å²) in [4.78, 5) is 8.52. The molecule has 0 unspecified atom stereocenters. The molecule has 0 radical (unpaired) electrons. The van der Waals surface area contributed by atoms with Gasteiger partial charge in [0.15, 0.2) is 5.82 Å². The van der Waals surface area contributed by atoms with Crippen molar-refractivity contribution in [2.75, 3.05) is 6.61 Å². The third-order valence-corrected chi connectivity index (χ3v) is 3.07. The number of benzene rings is 1. The van der Waals surface area contributed by atoms with Crippen LogP contribution in [0.1, 0.15) is 23.7 Å². The smallest absolute Gasteiger partial charge is 0.256 e. The van der Waals surface area contributed by atoms with Crippen LogP contribution < -0.4 is 10.2 Å². The van der Waals surface area contributed by atoms with Crippen molar-refractivity contribution in [3.05, 3.63) is 41.5 Å². The van der Waals surface area contributed by atoms with Crippen LogP contribution in [0.15, 0.2) is 33.8 Å². The van der Waals surface area contributed by atoms with Gasteiger partial charge >= 0.3 is 0 Å². The summed E-state index contributed by atoms with van der Waals surface area (Å²) in [5, 5.41) is 12.6. The Hall–Kier alpha value is -2.67. The molecule has 7 heteroatoms. The molecule has 2 heterocycles. The molecule has 0 atom stereocenters. The predicted molar refractivity (Wildman–Crippen MR) is 75.8 cm³/mol. The number of aromatic nitrogens is 2. The number of aryl methyl sites for hydroxylation is 1. The van der Waals surface area contributed by atoms with E-state index in [-0.39, 0.29) is 0 Å². The van der Waals surface area contributed by atoms with Crippen LogP contribution in [0.2, 0.25) is 0 Å². The Bertz CT molecular complexity index is 706. The molecule has 1 aromatic heterocycles. The summed E-state index contributed by atoms with van der Waals surface area (Å²) in [5.41, 5.74) is 4.14. The lowest BCUT2D eigenvalue weighted by atomic mass is 10.0. The van der Waals surface area contributed by atoms with Gasteiger partial charge in [-0.1, -0.05) is 17.3 Å². The van der Waals surface area contributed by atoms with Crippen LogP contribution in [0.5, 0.6) is 5.75 Å². The monoisotopic (exact) mass is 286 g/mol. The normalized spacial score (nSPS) is 14.8. The maximum atomic E-state index is 8.77. The van der Waals surface area contributed by atoms with Crippen molar-refractivity contribution in [1.82, 2.24) is 15.6 Å². The molecule has 0 saturated heterocycles. The Morgan fingerprint density at radius 3 is 3.00 bits per heavy atom. The van der Waals surface area contributed by atoms with Crippen molar-refractivity contribution in [2.45, 2.75) is 13.3 Å². The van der Waals surface area contributed by atoms with Crippen LogP contribution in [0, 0.1) is 6.92 Å². The topological polar surface area (TPSA) is 92.8 Å². The first kappa shape index (κ1) is 13.3. The minimum atomic E-state index is 0.415. The van der Waals surface area contributed by atoms with Crippen molar-refractivity contribution in [3.8, 4) is 5.75 Å². The first-order chi connectivity index (χ1) is 10.3. The molecule has 0 aliphatic carbocycles. The second-order valence-electron chi connectivity index (χ2n) is 4.46. The lowest BCUT2D eigenvalue weighted by Crippen LogP contribution is -2.02. The van der Waals surface area contributed by atoms with E-state index < -0.39 is 0 Å². The van der Waals surface area contributed by atoms with E-state index in [1.165, 1.54) is 6.34 Å². The fourth-order valence-electron chi connectivity index (χ4n) is 2.20. The first-order valence-corrected chi connectivity index (χ1v) is 6.48. The fourth-order valence-corrected chi connectivity index (χ4v) is 2.20. The molecule has 1 aliphatic rings. The molecule has 0 saturated carbocycles. The minimum absolute atomic E-state index is 0.415. The lowest BCUT2D eigenvalue weighted by Gasteiger charge is -2.07. The zero-order valence-electron chi connectivity index (χ0n) is 11.4. The molecule has 0 amide bonds. The molecule has 21 heavy (non-hydrogen) atoms. The van der Waals surface area contributed by atoms with E-state index in [1.54, 1.807) is 6.92 Å². The number of nitrogens with one attached hydrogen (secondary N) is 1. The van der Waals surface area contributed by atoms with Gasteiger partial charge in [0.1, 0.15) is 12.1 Å². The van der Waals surface area contributed by atoms with Gasteiger partial charge in [-0.05, 0) is 19.1 Å². The molecule has 3 rings (SSSR count). The summed E-state index contributed by atoms with van der Waals surface area (Å²) in [6.45, 7) is 2.24. The second kappa shape index (κ2) is 5.76. The first-order valence-electron chi connectivity index (χ1n) is 6.48. The Labute approximate surface area is 120 Å². The molecule has 2 aromatic rings. The van der Waals surface area contributed by atoms with Crippen LogP contribution in [-0.2, 0) is 0 Å². The molecule has 7 nitrogen and oxygen atoms in total. The molecular weight excluding hydrogens is 272 g/mol. The fraction of sp³-hybridized carbons (Fsp3) is 0.214. The standard InChI is InChI=1S/C14H14N4O3/c1-9-17-14(21-18-9)11-6-7-20-12-5-3-2-4-10(12)13(11)15-8-16-19/h2-5,8,19H,6-7H2,1H3,(H,15,16). The molecule has 108 valence electrons. The molecule has 0 spiro atoms. The van der Waals surface area contributed by atoms with Gasteiger partial charge in [0.25, 0.3) is 5.89 Å². The molecular formula is C14H14N4O3. The summed E-state index contributed by atoms with van der Waals surface area (Å²) in [7, 11) is 0. The number of rotatable bonds is 3.